The molecule has 1 aliphatic heterocycles. The number of H-pyrrole nitrogens is 1. The van der Waals surface area contributed by atoms with Gasteiger partial charge in [0.25, 0.3) is 5.91 Å². The van der Waals surface area contributed by atoms with Gasteiger partial charge in [0.1, 0.15) is 11.1 Å². The first-order chi connectivity index (χ1) is 15.6. The molecular formula is C21H30N6O4S. The van der Waals surface area contributed by atoms with Crippen LogP contribution in [0.2, 0.25) is 0 Å². The number of nitrogens with one attached hydrogen (secondary N) is 3. The largest absolute Gasteiger partial charge is 0.453 e. The predicted molar refractivity (Wildman–Crippen MR) is 119 cm³/mol. The third kappa shape index (κ3) is 5.28. The van der Waals surface area contributed by atoms with Crippen molar-refractivity contribution in [1.29, 1.82) is 0 Å². The van der Waals surface area contributed by atoms with Crippen molar-refractivity contribution >= 4 is 23.3 Å². The highest BCUT2D eigenvalue weighted by molar-refractivity contribution is 7.15. The monoisotopic (exact) mass is 462 g/mol. The Labute approximate surface area is 191 Å². The highest BCUT2D eigenvalue weighted by Gasteiger charge is 2.41. The van der Waals surface area contributed by atoms with E-state index in [2.05, 4.69) is 25.6 Å². The van der Waals surface area contributed by atoms with Gasteiger partial charge in [-0.3, -0.25) is 9.89 Å². The second-order valence-corrected chi connectivity index (χ2v) is 9.08. The van der Waals surface area contributed by atoms with Crippen LogP contribution in [0, 0.1) is 0 Å². The predicted octanol–water partition coefficient (Wildman–Crippen LogP) is 1.86. The van der Waals surface area contributed by atoms with Crippen molar-refractivity contribution in [3.05, 3.63) is 23.1 Å². The molecule has 2 fully saturated rings. The number of carbonyl (C=O) groups is 2. The number of amides is 2. The molecule has 0 aromatic carbocycles. The first-order valence-electron chi connectivity index (χ1n) is 11.0. The number of nitrogens with zero attached hydrogens (tertiary/aromatic N) is 3. The number of aromatic amines is 1. The highest BCUT2D eigenvalue weighted by Crippen LogP contribution is 2.39. The second-order valence-electron chi connectivity index (χ2n) is 8.05. The molecule has 1 aliphatic carbocycles. The van der Waals surface area contributed by atoms with Gasteiger partial charge in [-0.15, -0.1) is 11.3 Å². The molecular weight excluding hydrogens is 432 g/mol. The van der Waals surface area contributed by atoms with Gasteiger partial charge in [0.15, 0.2) is 0 Å². The van der Waals surface area contributed by atoms with Gasteiger partial charge in [0.05, 0.1) is 36.5 Å². The van der Waals surface area contributed by atoms with E-state index in [0.29, 0.717) is 26.1 Å². The maximum Gasteiger partial charge on any atom is 0.406 e. The maximum atomic E-state index is 13.3. The molecule has 0 radical (unpaired) electrons. The number of aromatic nitrogens is 3. The van der Waals surface area contributed by atoms with Gasteiger partial charge in [0.2, 0.25) is 0 Å². The van der Waals surface area contributed by atoms with Crippen LogP contribution in [0.25, 0.3) is 10.4 Å². The Kier molecular flexibility index (Phi) is 7.38. The van der Waals surface area contributed by atoms with Gasteiger partial charge in [-0.25, -0.2) is 9.78 Å². The van der Waals surface area contributed by atoms with Gasteiger partial charge < -0.3 is 25.0 Å². The summed E-state index contributed by atoms with van der Waals surface area (Å²) in [5.41, 5.74) is 1.92. The van der Waals surface area contributed by atoms with Crippen molar-refractivity contribution in [3.63, 3.8) is 0 Å². The van der Waals surface area contributed by atoms with Crippen LogP contribution < -0.4 is 10.6 Å². The number of methoxy groups -OCH3 is 1. The van der Waals surface area contributed by atoms with E-state index in [0.717, 1.165) is 46.9 Å². The number of aryl methyl sites for hydroxylation is 1. The van der Waals surface area contributed by atoms with Crippen molar-refractivity contribution in [1.82, 2.24) is 30.7 Å². The fraction of sp³-hybridized carbons (Fsp3) is 0.619. The van der Waals surface area contributed by atoms with Gasteiger partial charge in [-0.05, 0) is 32.6 Å². The van der Waals surface area contributed by atoms with E-state index in [1.54, 1.807) is 17.5 Å². The Hall–Kier alpha value is -2.50. The zero-order valence-corrected chi connectivity index (χ0v) is 19.2. The number of carbonyl (C=O) groups excluding carboxylic acids is 2. The summed E-state index contributed by atoms with van der Waals surface area (Å²) in [7, 11) is 1.35. The zero-order chi connectivity index (χ0) is 22.5. The number of ether oxygens (including phenoxy) is 2. The molecule has 1 saturated heterocycles. The van der Waals surface area contributed by atoms with E-state index >= 15 is 0 Å². The molecule has 3 heterocycles. The number of alkyl carbamates (subject to hydrolysis) is 1. The standard InChI is InChI=1S/C21H30N6O4S/c1-13(27(15-5-6-15)20(28)17-12-22-8-9-31-17)19-26-16(4-3-7-23-21(29)30-2)18(32-19)14-10-24-25-11-14/h10-11,13,15,17,22H,3-9,12H2,1-2H3,(H,23,29)(H,24,25)/t13-,17-/m1/s1. The third-order valence-corrected chi connectivity index (χ3v) is 7.01. The minimum absolute atomic E-state index is 0.0380. The van der Waals surface area contributed by atoms with E-state index in [-0.39, 0.29) is 18.0 Å². The first kappa shape index (κ1) is 22.7. The summed E-state index contributed by atoms with van der Waals surface area (Å²) in [6, 6.07) is 0.107. The lowest BCUT2D eigenvalue weighted by Gasteiger charge is -2.33. The van der Waals surface area contributed by atoms with E-state index in [1.165, 1.54) is 7.11 Å². The molecule has 4 rings (SSSR count). The van der Waals surface area contributed by atoms with Gasteiger partial charge in [0, 0.05) is 37.4 Å². The van der Waals surface area contributed by atoms with Crippen LogP contribution in [-0.2, 0) is 20.7 Å². The van der Waals surface area contributed by atoms with Crippen LogP contribution in [0.1, 0.15) is 42.9 Å². The molecule has 2 atom stereocenters. The van der Waals surface area contributed by atoms with Crippen molar-refractivity contribution in [2.75, 3.05) is 33.4 Å². The lowest BCUT2D eigenvalue weighted by Crippen LogP contribution is -2.50. The Balaban J connectivity index is 1.52. The molecule has 2 aromatic rings. The molecule has 2 aromatic heterocycles. The molecule has 32 heavy (non-hydrogen) atoms. The topological polar surface area (TPSA) is 121 Å². The maximum absolute atomic E-state index is 13.3. The minimum atomic E-state index is -0.441. The Bertz CT molecular complexity index is 908. The van der Waals surface area contributed by atoms with E-state index in [4.69, 9.17) is 9.72 Å². The summed E-state index contributed by atoms with van der Waals surface area (Å²) in [4.78, 5) is 32.5. The Morgan fingerprint density at radius 3 is 2.94 bits per heavy atom. The summed E-state index contributed by atoms with van der Waals surface area (Å²) >= 11 is 1.60. The van der Waals surface area contributed by atoms with Gasteiger partial charge in [-0.2, -0.15) is 5.10 Å². The summed E-state index contributed by atoms with van der Waals surface area (Å²) in [5.74, 6) is 0.0380. The highest BCUT2D eigenvalue weighted by atomic mass is 32.1. The first-order valence-corrected chi connectivity index (χ1v) is 11.8. The molecule has 174 valence electrons. The van der Waals surface area contributed by atoms with Crippen LogP contribution in [0.4, 0.5) is 4.79 Å². The van der Waals surface area contributed by atoms with Crippen molar-refractivity contribution in [3.8, 4) is 10.4 Å². The lowest BCUT2D eigenvalue weighted by atomic mass is 10.1. The molecule has 2 aliphatic rings. The Morgan fingerprint density at radius 1 is 1.44 bits per heavy atom. The SMILES string of the molecule is COC(=O)NCCCc1nc([C@@H](C)N(C(=O)[C@H]2CNCCO2)C2CC2)sc1-c1cn[nH]c1. The summed E-state index contributed by atoms with van der Waals surface area (Å²) in [5, 5.41) is 13.8. The molecule has 2 amide bonds. The van der Waals surface area contributed by atoms with E-state index in [1.807, 2.05) is 18.0 Å². The third-order valence-electron chi connectivity index (χ3n) is 5.69. The zero-order valence-electron chi connectivity index (χ0n) is 18.4. The fourth-order valence-corrected chi connectivity index (χ4v) is 5.03. The van der Waals surface area contributed by atoms with Crippen molar-refractivity contribution < 1.29 is 19.1 Å². The lowest BCUT2D eigenvalue weighted by molar-refractivity contribution is -0.148. The van der Waals surface area contributed by atoms with Crippen molar-refractivity contribution in [2.24, 2.45) is 0 Å². The summed E-state index contributed by atoms with van der Waals surface area (Å²) in [6.07, 6.45) is 6.21. The smallest absolute Gasteiger partial charge is 0.406 e. The molecule has 0 bridgehead atoms. The molecule has 3 N–H and O–H groups in total. The number of rotatable bonds is 9. The van der Waals surface area contributed by atoms with Crippen LogP contribution in [-0.4, -0.2) is 77.6 Å². The average molecular weight is 463 g/mol. The Morgan fingerprint density at radius 2 is 2.28 bits per heavy atom. The minimum Gasteiger partial charge on any atom is -0.453 e. The van der Waals surface area contributed by atoms with Crippen LogP contribution >= 0.6 is 11.3 Å². The normalized spacial score (nSPS) is 19.4. The van der Waals surface area contributed by atoms with Crippen LogP contribution in [0.3, 0.4) is 0 Å². The summed E-state index contributed by atoms with van der Waals surface area (Å²) in [6.45, 7) is 4.42. The molecule has 0 unspecified atom stereocenters. The number of thiazole rings is 1. The summed E-state index contributed by atoms with van der Waals surface area (Å²) < 4.78 is 10.4. The quantitative estimate of drug-likeness (QED) is 0.486. The van der Waals surface area contributed by atoms with E-state index < -0.39 is 12.2 Å². The number of morpholine rings is 1. The van der Waals surface area contributed by atoms with Gasteiger partial charge in [-0.1, -0.05) is 0 Å². The molecule has 1 saturated carbocycles. The second kappa shape index (κ2) is 10.4. The van der Waals surface area contributed by atoms with Gasteiger partial charge >= 0.3 is 6.09 Å². The van der Waals surface area contributed by atoms with Crippen molar-refractivity contribution in [2.45, 2.75) is 50.8 Å². The van der Waals surface area contributed by atoms with Crippen LogP contribution in [0.5, 0.6) is 0 Å². The fourth-order valence-electron chi connectivity index (χ4n) is 3.89. The van der Waals surface area contributed by atoms with E-state index in [9.17, 15) is 9.59 Å². The molecule has 10 nitrogen and oxygen atoms in total. The average Bonchev–Trinajstić information content (AvgIpc) is 3.32. The number of hydrogen-bond acceptors (Lipinski definition) is 8. The molecule has 11 heteroatoms. The number of hydrogen-bond donors (Lipinski definition) is 3. The molecule has 0 spiro atoms. The van der Waals surface area contributed by atoms with Crippen LogP contribution in [0.15, 0.2) is 12.4 Å².